The van der Waals surface area contributed by atoms with E-state index in [-0.39, 0.29) is 0 Å². The molecule has 0 spiro atoms. The Morgan fingerprint density at radius 2 is 1.50 bits per heavy atom. The van der Waals surface area contributed by atoms with E-state index in [1.54, 1.807) is 12.1 Å². The summed E-state index contributed by atoms with van der Waals surface area (Å²) in [5.74, 6) is 1.66. The normalized spacial score (nSPS) is 9.80. The Morgan fingerprint density at radius 1 is 0.900 bits per heavy atom. The summed E-state index contributed by atoms with van der Waals surface area (Å²) in [6.45, 7) is 3.29. The van der Waals surface area contributed by atoms with E-state index in [0.717, 1.165) is 30.1 Å². The number of nitriles is 1. The maximum Gasteiger partial charge on any atom is 0.120 e. The number of nitrogens with zero attached hydrogens (tertiary/aromatic N) is 1. The van der Waals surface area contributed by atoms with Crippen LogP contribution in [0, 0.1) is 11.3 Å². The van der Waals surface area contributed by atoms with Gasteiger partial charge in [-0.25, -0.2) is 0 Å². The molecule has 0 saturated carbocycles. The third kappa shape index (κ3) is 4.03. The average molecular weight is 267 g/mol. The van der Waals surface area contributed by atoms with Crippen molar-refractivity contribution in [3.63, 3.8) is 0 Å². The fourth-order valence-corrected chi connectivity index (χ4v) is 1.69. The van der Waals surface area contributed by atoms with Crippen molar-refractivity contribution in [3.8, 4) is 17.6 Å². The second kappa shape index (κ2) is 7.20. The third-order valence-electron chi connectivity index (χ3n) is 2.79. The topological polar surface area (TPSA) is 42.2 Å². The second-order valence-corrected chi connectivity index (χ2v) is 4.42. The van der Waals surface area contributed by atoms with Gasteiger partial charge in [-0.2, -0.15) is 5.26 Å². The Labute approximate surface area is 119 Å². The maximum absolute atomic E-state index is 8.73. The Kier molecular flexibility index (Phi) is 5.02. The minimum Gasteiger partial charge on any atom is -0.494 e. The zero-order chi connectivity index (χ0) is 14.2. The molecular formula is C17H17NO2. The van der Waals surface area contributed by atoms with Crippen LogP contribution in [0.3, 0.4) is 0 Å². The van der Waals surface area contributed by atoms with Gasteiger partial charge in [-0.1, -0.05) is 19.1 Å². The zero-order valence-electron chi connectivity index (χ0n) is 11.5. The van der Waals surface area contributed by atoms with Crippen molar-refractivity contribution in [1.29, 1.82) is 5.26 Å². The van der Waals surface area contributed by atoms with E-state index in [9.17, 15) is 0 Å². The molecule has 2 aromatic carbocycles. The summed E-state index contributed by atoms with van der Waals surface area (Å²) >= 11 is 0. The fourth-order valence-electron chi connectivity index (χ4n) is 1.69. The van der Waals surface area contributed by atoms with E-state index in [1.165, 1.54) is 0 Å². The summed E-state index contributed by atoms with van der Waals surface area (Å²) in [6, 6.07) is 17.1. The van der Waals surface area contributed by atoms with Crippen molar-refractivity contribution in [3.05, 3.63) is 59.7 Å². The summed E-state index contributed by atoms with van der Waals surface area (Å²) in [5, 5.41) is 8.73. The van der Waals surface area contributed by atoms with Crippen LogP contribution in [0.2, 0.25) is 0 Å². The van der Waals surface area contributed by atoms with Crippen LogP contribution in [0.15, 0.2) is 48.5 Å². The largest absolute Gasteiger partial charge is 0.494 e. The summed E-state index contributed by atoms with van der Waals surface area (Å²) < 4.78 is 11.2. The van der Waals surface area contributed by atoms with Gasteiger partial charge in [0.25, 0.3) is 0 Å². The molecule has 3 heteroatoms. The highest BCUT2D eigenvalue weighted by Gasteiger charge is 1.98. The van der Waals surface area contributed by atoms with Crippen molar-refractivity contribution in [2.75, 3.05) is 6.61 Å². The van der Waals surface area contributed by atoms with Crippen LogP contribution in [0.5, 0.6) is 11.5 Å². The highest BCUT2D eigenvalue weighted by molar-refractivity contribution is 5.33. The molecule has 0 fully saturated rings. The first-order chi connectivity index (χ1) is 9.81. The van der Waals surface area contributed by atoms with Gasteiger partial charge in [-0.15, -0.1) is 0 Å². The second-order valence-electron chi connectivity index (χ2n) is 4.42. The fraction of sp³-hybridized carbons (Fsp3) is 0.235. The predicted molar refractivity (Wildman–Crippen MR) is 77.7 cm³/mol. The molecular weight excluding hydrogens is 250 g/mol. The van der Waals surface area contributed by atoms with Crippen LogP contribution < -0.4 is 9.47 Å². The number of hydrogen-bond donors (Lipinski definition) is 0. The van der Waals surface area contributed by atoms with Crippen LogP contribution >= 0.6 is 0 Å². The molecule has 0 N–H and O–H groups in total. The molecule has 0 heterocycles. The van der Waals surface area contributed by atoms with Gasteiger partial charge in [0.15, 0.2) is 0 Å². The standard InChI is InChI=1S/C17H17NO2/c1-2-11-19-16-7-9-17(10-8-16)20-13-15-5-3-14(12-18)4-6-15/h3-10H,2,11,13H2,1H3. The molecule has 0 unspecified atom stereocenters. The minimum atomic E-state index is 0.487. The van der Waals surface area contributed by atoms with Gasteiger partial charge >= 0.3 is 0 Å². The molecule has 0 aromatic heterocycles. The molecule has 0 bridgehead atoms. The van der Waals surface area contributed by atoms with Gasteiger partial charge in [0.05, 0.1) is 18.2 Å². The first-order valence-corrected chi connectivity index (χ1v) is 6.66. The van der Waals surface area contributed by atoms with Crippen molar-refractivity contribution in [1.82, 2.24) is 0 Å². The molecule has 0 atom stereocenters. The number of hydrogen-bond acceptors (Lipinski definition) is 3. The lowest BCUT2D eigenvalue weighted by atomic mass is 10.2. The van der Waals surface area contributed by atoms with Crippen LogP contribution in [-0.2, 0) is 6.61 Å². The summed E-state index contributed by atoms with van der Waals surface area (Å²) in [7, 11) is 0. The van der Waals surface area contributed by atoms with Gasteiger partial charge in [0, 0.05) is 0 Å². The molecule has 0 radical (unpaired) electrons. The third-order valence-corrected chi connectivity index (χ3v) is 2.79. The SMILES string of the molecule is CCCOc1ccc(OCc2ccc(C#N)cc2)cc1. The lowest BCUT2D eigenvalue weighted by Gasteiger charge is -2.08. The maximum atomic E-state index is 8.73. The van der Waals surface area contributed by atoms with Gasteiger partial charge < -0.3 is 9.47 Å². The highest BCUT2D eigenvalue weighted by Crippen LogP contribution is 2.19. The summed E-state index contributed by atoms with van der Waals surface area (Å²) in [4.78, 5) is 0. The monoisotopic (exact) mass is 267 g/mol. The van der Waals surface area contributed by atoms with Gasteiger partial charge in [-0.3, -0.25) is 0 Å². The highest BCUT2D eigenvalue weighted by atomic mass is 16.5. The van der Waals surface area contributed by atoms with Crippen molar-refractivity contribution < 1.29 is 9.47 Å². The Balaban J connectivity index is 1.88. The first kappa shape index (κ1) is 14.0. The van der Waals surface area contributed by atoms with E-state index in [1.807, 2.05) is 36.4 Å². The van der Waals surface area contributed by atoms with Gasteiger partial charge in [0.1, 0.15) is 18.1 Å². The molecule has 3 nitrogen and oxygen atoms in total. The minimum absolute atomic E-state index is 0.487. The smallest absolute Gasteiger partial charge is 0.120 e. The molecule has 0 aliphatic heterocycles. The van der Waals surface area contributed by atoms with E-state index >= 15 is 0 Å². The molecule has 2 aromatic rings. The zero-order valence-corrected chi connectivity index (χ0v) is 11.5. The summed E-state index contributed by atoms with van der Waals surface area (Å²) in [5.41, 5.74) is 1.70. The molecule has 0 aliphatic carbocycles. The van der Waals surface area contributed by atoms with Crippen molar-refractivity contribution in [2.24, 2.45) is 0 Å². The van der Waals surface area contributed by atoms with E-state index in [2.05, 4.69) is 13.0 Å². The molecule has 0 amide bonds. The van der Waals surface area contributed by atoms with Crippen LogP contribution in [0.1, 0.15) is 24.5 Å². The Bertz CT molecular complexity index is 567. The van der Waals surface area contributed by atoms with Crippen molar-refractivity contribution >= 4 is 0 Å². The predicted octanol–water partition coefficient (Wildman–Crippen LogP) is 3.93. The lowest BCUT2D eigenvalue weighted by molar-refractivity contribution is 0.301. The van der Waals surface area contributed by atoms with Crippen LogP contribution in [-0.4, -0.2) is 6.61 Å². The van der Waals surface area contributed by atoms with E-state index < -0.39 is 0 Å². The van der Waals surface area contributed by atoms with Crippen LogP contribution in [0.4, 0.5) is 0 Å². The van der Waals surface area contributed by atoms with Gasteiger partial charge in [-0.05, 0) is 48.4 Å². The molecule has 20 heavy (non-hydrogen) atoms. The lowest BCUT2D eigenvalue weighted by Crippen LogP contribution is -1.97. The van der Waals surface area contributed by atoms with E-state index in [4.69, 9.17) is 14.7 Å². The first-order valence-electron chi connectivity index (χ1n) is 6.66. The number of benzene rings is 2. The summed E-state index contributed by atoms with van der Waals surface area (Å²) in [6.07, 6.45) is 0.997. The molecule has 0 aliphatic rings. The Hall–Kier alpha value is -2.47. The van der Waals surface area contributed by atoms with Crippen molar-refractivity contribution in [2.45, 2.75) is 20.0 Å². The van der Waals surface area contributed by atoms with Gasteiger partial charge in [0.2, 0.25) is 0 Å². The van der Waals surface area contributed by atoms with E-state index in [0.29, 0.717) is 12.2 Å². The molecule has 0 saturated heterocycles. The number of ether oxygens (including phenoxy) is 2. The van der Waals surface area contributed by atoms with Crippen LogP contribution in [0.25, 0.3) is 0 Å². The molecule has 102 valence electrons. The average Bonchev–Trinajstić information content (AvgIpc) is 2.52. The Morgan fingerprint density at radius 3 is 2.05 bits per heavy atom. The molecule has 2 rings (SSSR count). The number of rotatable bonds is 6. The quantitative estimate of drug-likeness (QED) is 0.796.